The molecule has 1 amide bonds. The molecular formula is C22H23F2N3O2S. The third kappa shape index (κ3) is 3.81. The number of amides is 1. The van der Waals surface area contributed by atoms with Crippen LogP contribution in [0.1, 0.15) is 36.4 Å². The Labute approximate surface area is 177 Å². The van der Waals surface area contributed by atoms with E-state index in [0.717, 1.165) is 42.0 Å². The van der Waals surface area contributed by atoms with Crippen LogP contribution in [0.4, 0.5) is 8.78 Å². The lowest BCUT2D eigenvalue weighted by Gasteiger charge is -2.31. The average Bonchev–Trinajstić information content (AvgIpc) is 3.08. The Morgan fingerprint density at radius 3 is 2.50 bits per heavy atom. The van der Waals surface area contributed by atoms with Crippen molar-refractivity contribution < 1.29 is 18.3 Å². The van der Waals surface area contributed by atoms with E-state index in [9.17, 15) is 13.6 Å². The van der Waals surface area contributed by atoms with Gasteiger partial charge in [-0.1, -0.05) is 30.3 Å². The van der Waals surface area contributed by atoms with Crippen molar-refractivity contribution >= 4 is 28.7 Å². The predicted molar refractivity (Wildman–Crippen MR) is 113 cm³/mol. The number of nitrogens with zero attached hydrogens (tertiary/aromatic N) is 2. The molecule has 4 rings (SSSR count). The number of carbonyl (C=O) groups is 1. The van der Waals surface area contributed by atoms with Crippen molar-refractivity contribution in [3.8, 4) is 0 Å². The second-order valence-corrected chi connectivity index (χ2v) is 8.64. The molecule has 1 aliphatic heterocycles. The van der Waals surface area contributed by atoms with Crippen molar-refractivity contribution in [3.05, 3.63) is 65.5 Å². The number of methoxy groups -OCH3 is 1. The summed E-state index contributed by atoms with van der Waals surface area (Å²) in [5.41, 5.74) is 7.28. The van der Waals surface area contributed by atoms with Gasteiger partial charge in [0.1, 0.15) is 18.0 Å². The molecule has 158 valence electrons. The molecule has 0 saturated carbocycles. The zero-order chi connectivity index (χ0) is 21.3. The molecule has 0 spiro atoms. The Morgan fingerprint density at radius 1 is 1.20 bits per heavy atom. The Morgan fingerprint density at radius 2 is 1.87 bits per heavy atom. The van der Waals surface area contributed by atoms with E-state index >= 15 is 0 Å². The molecular weight excluding hydrogens is 408 g/mol. The number of ether oxygens (including phenoxy) is 1. The lowest BCUT2D eigenvalue weighted by Crippen LogP contribution is -2.36. The van der Waals surface area contributed by atoms with E-state index in [1.54, 1.807) is 11.7 Å². The number of hydrogen-bond donors (Lipinski definition) is 1. The van der Waals surface area contributed by atoms with Gasteiger partial charge in [-0.2, -0.15) is 11.8 Å². The lowest BCUT2D eigenvalue weighted by atomic mass is 9.92. The fourth-order valence-electron chi connectivity index (χ4n) is 4.21. The molecule has 1 unspecified atom stereocenters. The second kappa shape index (κ2) is 8.73. The predicted octanol–water partition coefficient (Wildman–Crippen LogP) is 4.22. The number of fused-ring (bicyclic) bond motifs is 1. The molecule has 5 nitrogen and oxygen atoms in total. The van der Waals surface area contributed by atoms with Crippen LogP contribution in [-0.4, -0.2) is 34.1 Å². The fraction of sp³-hybridized carbons (Fsp3) is 0.364. The van der Waals surface area contributed by atoms with Gasteiger partial charge in [0.05, 0.1) is 11.0 Å². The highest BCUT2D eigenvalue weighted by atomic mass is 32.2. The van der Waals surface area contributed by atoms with E-state index in [0.29, 0.717) is 11.3 Å². The summed E-state index contributed by atoms with van der Waals surface area (Å²) < 4.78 is 35.6. The lowest BCUT2D eigenvalue weighted by molar-refractivity contribution is -0.122. The highest BCUT2D eigenvalue weighted by molar-refractivity contribution is 7.99. The highest BCUT2D eigenvalue weighted by Gasteiger charge is 2.35. The second-order valence-electron chi connectivity index (χ2n) is 7.42. The number of nitrogens with two attached hydrogens (primary N) is 1. The number of benzene rings is 2. The van der Waals surface area contributed by atoms with Crippen LogP contribution in [0.15, 0.2) is 42.5 Å². The first-order chi connectivity index (χ1) is 14.5. The molecule has 30 heavy (non-hydrogen) atoms. The zero-order valence-corrected chi connectivity index (χ0v) is 17.4. The molecule has 2 atom stereocenters. The maximum absolute atomic E-state index is 14.2. The molecule has 1 aromatic heterocycles. The van der Waals surface area contributed by atoms with Crippen LogP contribution in [0.3, 0.4) is 0 Å². The third-order valence-corrected chi connectivity index (χ3v) is 6.66. The average molecular weight is 432 g/mol. The number of aromatic nitrogens is 2. The minimum atomic E-state index is -0.994. The molecule has 3 aromatic rings. The van der Waals surface area contributed by atoms with E-state index in [1.807, 2.05) is 42.1 Å². The normalized spacial score (nSPS) is 17.2. The van der Waals surface area contributed by atoms with Gasteiger partial charge in [0.25, 0.3) is 0 Å². The molecule has 1 saturated heterocycles. The summed E-state index contributed by atoms with van der Waals surface area (Å²) in [5, 5.41) is 0. The van der Waals surface area contributed by atoms with Crippen molar-refractivity contribution in [2.75, 3.05) is 18.6 Å². The van der Waals surface area contributed by atoms with Crippen molar-refractivity contribution in [1.82, 2.24) is 9.55 Å². The zero-order valence-electron chi connectivity index (χ0n) is 16.6. The highest BCUT2D eigenvalue weighted by Crippen LogP contribution is 2.38. The molecule has 2 aromatic carbocycles. The van der Waals surface area contributed by atoms with Crippen LogP contribution < -0.4 is 5.73 Å². The Hall–Kier alpha value is -2.45. The number of rotatable bonds is 6. The van der Waals surface area contributed by atoms with Crippen LogP contribution >= 0.6 is 11.8 Å². The minimum absolute atomic E-state index is 0.0127. The van der Waals surface area contributed by atoms with E-state index in [-0.39, 0.29) is 11.4 Å². The number of primary amides is 1. The van der Waals surface area contributed by atoms with Crippen molar-refractivity contribution in [2.45, 2.75) is 25.0 Å². The summed E-state index contributed by atoms with van der Waals surface area (Å²) in [6.45, 7) is 0. The first-order valence-electron chi connectivity index (χ1n) is 9.83. The maximum atomic E-state index is 14.2. The fourth-order valence-corrected chi connectivity index (χ4v) is 5.35. The third-order valence-electron chi connectivity index (χ3n) is 5.61. The van der Waals surface area contributed by atoms with Gasteiger partial charge in [0.2, 0.25) is 5.91 Å². The van der Waals surface area contributed by atoms with Gasteiger partial charge in [-0.15, -0.1) is 0 Å². The smallest absolute Gasteiger partial charge is 0.240 e. The van der Waals surface area contributed by atoms with E-state index in [4.69, 9.17) is 10.5 Å². The molecule has 8 heteroatoms. The van der Waals surface area contributed by atoms with E-state index < -0.39 is 29.7 Å². The summed E-state index contributed by atoms with van der Waals surface area (Å²) in [6, 6.07) is 10.8. The van der Waals surface area contributed by atoms with Crippen LogP contribution in [0.25, 0.3) is 11.0 Å². The summed E-state index contributed by atoms with van der Waals surface area (Å²) in [4.78, 5) is 17.2. The summed E-state index contributed by atoms with van der Waals surface area (Å²) in [7, 11) is 1.54. The van der Waals surface area contributed by atoms with Crippen LogP contribution in [0.2, 0.25) is 0 Å². The Balaban J connectivity index is 1.96. The van der Waals surface area contributed by atoms with Crippen molar-refractivity contribution in [1.29, 1.82) is 0 Å². The number of halogens is 2. The topological polar surface area (TPSA) is 70.1 Å². The molecule has 1 fully saturated rings. The quantitative estimate of drug-likeness (QED) is 0.634. The summed E-state index contributed by atoms with van der Waals surface area (Å²) >= 11 is 1.83. The molecule has 2 heterocycles. The maximum Gasteiger partial charge on any atom is 0.240 e. The molecule has 1 aliphatic rings. The van der Waals surface area contributed by atoms with Gasteiger partial charge in [-0.05, 0) is 35.8 Å². The van der Waals surface area contributed by atoms with Gasteiger partial charge in [0, 0.05) is 19.2 Å². The number of hydrogen-bond acceptors (Lipinski definition) is 4. The summed E-state index contributed by atoms with van der Waals surface area (Å²) in [5.74, 6) is -0.257. The Kier molecular flexibility index (Phi) is 6.06. The summed E-state index contributed by atoms with van der Waals surface area (Å²) in [6.07, 6.45) is 0.998. The SMILES string of the molecule is CO[C@@H](c1ccccc1)c1nc2cc(F)c(F)cc2n1C(C(N)=O)C1CCSCC1. The molecule has 0 radical (unpaired) electrons. The van der Waals surface area contributed by atoms with Crippen LogP contribution in [0.5, 0.6) is 0 Å². The monoisotopic (exact) mass is 431 g/mol. The number of imidazole rings is 1. The number of thioether (sulfide) groups is 1. The van der Waals surface area contributed by atoms with E-state index in [2.05, 4.69) is 4.98 Å². The molecule has 0 aliphatic carbocycles. The van der Waals surface area contributed by atoms with Gasteiger partial charge in [0.15, 0.2) is 11.6 Å². The largest absolute Gasteiger partial charge is 0.369 e. The minimum Gasteiger partial charge on any atom is -0.369 e. The van der Waals surface area contributed by atoms with Gasteiger partial charge in [-0.3, -0.25) is 4.79 Å². The van der Waals surface area contributed by atoms with Crippen molar-refractivity contribution in [2.24, 2.45) is 11.7 Å². The van der Waals surface area contributed by atoms with Crippen LogP contribution in [0, 0.1) is 17.6 Å². The molecule has 0 bridgehead atoms. The number of carbonyl (C=O) groups excluding carboxylic acids is 1. The van der Waals surface area contributed by atoms with Crippen molar-refractivity contribution in [3.63, 3.8) is 0 Å². The van der Waals surface area contributed by atoms with Crippen LogP contribution in [-0.2, 0) is 9.53 Å². The van der Waals surface area contributed by atoms with Gasteiger partial charge >= 0.3 is 0 Å². The van der Waals surface area contributed by atoms with Gasteiger partial charge < -0.3 is 15.0 Å². The Bertz CT molecular complexity index is 1050. The standard InChI is InChI=1S/C22H23F2N3O2S/c1-29-20(14-5-3-2-4-6-14)22-26-17-11-15(23)16(24)12-18(17)27(22)19(21(25)28)13-7-9-30-10-8-13/h2-6,11-13,19-20H,7-10H2,1H3,(H2,25,28)/t19?,20-/m0/s1. The van der Waals surface area contributed by atoms with Gasteiger partial charge in [-0.25, -0.2) is 13.8 Å². The van der Waals surface area contributed by atoms with E-state index in [1.165, 1.54) is 0 Å². The first kappa shape index (κ1) is 20.8. The first-order valence-corrected chi connectivity index (χ1v) is 11.0. The molecule has 2 N–H and O–H groups in total.